The van der Waals surface area contributed by atoms with Crippen molar-refractivity contribution in [2.45, 2.75) is 31.7 Å². The number of aromatic nitrogens is 2. The van der Waals surface area contributed by atoms with Crippen LogP contribution in [0.4, 0.5) is 4.39 Å². The molecular weight excluding hydrogens is 357 g/mol. The van der Waals surface area contributed by atoms with E-state index in [9.17, 15) is 14.3 Å². The number of carboxylic acids is 1. The number of aliphatic imine (C=N–C) groups is 1. The lowest BCUT2D eigenvalue weighted by Crippen LogP contribution is -2.09. The zero-order valence-corrected chi connectivity index (χ0v) is 15.3. The molecule has 5 rings (SSSR count). The van der Waals surface area contributed by atoms with Gasteiger partial charge in [-0.1, -0.05) is 18.2 Å². The van der Waals surface area contributed by atoms with Gasteiger partial charge >= 0.3 is 5.97 Å². The molecule has 3 aromatic rings. The van der Waals surface area contributed by atoms with Crippen molar-refractivity contribution in [3.8, 4) is 5.69 Å². The average Bonchev–Trinajstić information content (AvgIpc) is 3.45. The van der Waals surface area contributed by atoms with E-state index in [0.717, 1.165) is 24.1 Å². The van der Waals surface area contributed by atoms with E-state index in [2.05, 4.69) is 17.1 Å². The molecule has 5 nitrogen and oxygen atoms in total. The number of carbonyl (C=O) groups is 1. The second kappa shape index (κ2) is 6.12. The van der Waals surface area contributed by atoms with Crippen LogP contribution < -0.4 is 0 Å². The van der Waals surface area contributed by atoms with Crippen LogP contribution in [0.25, 0.3) is 5.69 Å². The summed E-state index contributed by atoms with van der Waals surface area (Å²) in [6.07, 6.45) is 3.83. The molecule has 0 unspecified atom stereocenters. The number of halogens is 1. The van der Waals surface area contributed by atoms with Crippen LogP contribution in [0.5, 0.6) is 0 Å². The summed E-state index contributed by atoms with van der Waals surface area (Å²) < 4.78 is 16.4. The fourth-order valence-corrected chi connectivity index (χ4v) is 3.93. The minimum Gasteiger partial charge on any atom is -0.476 e. The Labute approximate surface area is 161 Å². The first-order valence-corrected chi connectivity index (χ1v) is 9.32. The first kappa shape index (κ1) is 16.9. The van der Waals surface area contributed by atoms with Gasteiger partial charge in [-0.25, -0.2) is 14.2 Å². The molecule has 0 amide bonds. The number of nitrogens with zero attached hydrogens (tertiary/aromatic N) is 3. The topological polar surface area (TPSA) is 67.5 Å². The zero-order chi connectivity index (χ0) is 19.4. The summed E-state index contributed by atoms with van der Waals surface area (Å²) in [5.41, 5.74) is 4.21. The molecule has 0 spiro atoms. The van der Waals surface area contributed by atoms with Crippen LogP contribution in [0.3, 0.4) is 0 Å². The smallest absolute Gasteiger partial charge is 0.356 e. The highest BCUT2D eigenvalue weighted by Gasteiger charge is 2.31. The molecule has 1 aliphatic heterocycles. The molecular formula is C22H18FN3O2. The van der Waals surface area contributed by atoms with Crippen LogP contribution in [-0.4, -0.2) is 26.3 Å². The van der Waals surface area contributed by atoms with Crippen molar-refractivity contribution < 1.29 is 14.3 Å². The third kappa shape index (κ3) is 2.56. The van der Waals surface area contributed by atoms with Crippen LogP contribution in [0.2, 0.25) is 0 Å². The lowest BCUT2D eigenvalue weighted by atomic mass is 9.96. The average molecular weight is 375 g/mol. The van der Waals surface area contributed by atoms with Gasteiger partial charge in [-0.05, 0) is 55.5 Å². The van der Waals surface area contributed by atoms with Gasteiger partial charge in [0.2, 0.25) is 0 Å². The van der Waals surface area contributed by atoms with Gasteiger partial charge in [-0.2, -0.15) is 0 Å². The minimum atomic E-state index is -1.10. The number of aromatic carboxylic acids is 1. The van der Waals surface area contributed by atoms with Crippen molar-refractivity contribution in [1.82, 2.24) is 9.55 Å². The summed E-state index contributed by atoms with van der Waals surface area (Å²) in [7, 11) is 0. The molecule has 2 aliphatic rings. The number of benzene rings is 2. The highest BCUT2D eigenvalue weighted by molar-refractivity contribution is 6.15. The molecule has 0 bridgehead atoms. The molecule has 1 saturated carbocycles. The van der Waals surface area contributed by atoms with Crippen LogP contribution in [0.15, 0.2) is 53.8 Å². The van der Waals surface area contributed by atoms with Crippen molar-refractivity contribution in [1.29, 1.82) is 0 Å². The summed E-state index contributed by atoms with van der Waals surface area (Å²) in [5, 5.41) is 9.56. The number of rotatable bonds is 3. The third-order valence-electron chi connectivity index (χ3n) is 5.44. The maximum Gasteiger partial charge on any atom is 0.356 e. The Kier molecular flexibility index (Phi) is 3.69. The maximum atomic E-state index is 14.7. The summed E-state index contributed by atoms with van der Waals surface area (Å²) in [5.74, 6) is -0.912. The van der Waals surface area contributed by atoms with Gasteiger partial charge in [0, 0.05) is 11.1 Å². The van der Waals surface area contributed by atoms with E-state index < -0.39 is 12.0 Å². The Balaban J connectivity index is 1.81. The monoisotopic (exact) mass is 375 g/mol. The van der Waals surface area contributed by atoms with Crippen molar-refractivity contribution in [3.05, 3.63) is 82.7 Å². The molecule has 1 atom stereocenters. The molecule has 1 aromatic heterocycles. The largest absolute Gasteiger partial charge is 0.476 e. The molecule has 140 valence electrons. The summed E-state index contributed by atoms with van der Waals surface area (Å²) >= 11 is 0. The van der Waals surface area contributed by atoms with E-state index in [1.807, 2.05) is 13.0 Å². The second-order valence-electron chi connectivity index (χ2n) is 7.34. The minimum absolute atomic E-state index is 0.0248. The van der Waals surface area contributed by atoms with Gasteiger partial charge in [-0.15, -0.1) is 0 Å². The van der Waals surface area contributed by atoms with Gasteiger partial charge < -0.3 is 5.11 Å². The van der Waals surface area contributed by atoms with Crippen molar-refractivity contribution in [2.75, 3.05) is 0 Å². The first-order chi connectivity index (χ1) is 13.5. The Morgan fingerprint density at radius 2 is 1.96 bits per heavy atom. The number of hydrogen-bond acceptors (Lipinski definition) is 3. The SMILES string of the molecule is C[C@H]1N=C(c2ccccc2F)c2cc(C3CC3)ccc2-n2cnc(C(=O)O)c21. The Morgan fingerprint density at radius 3 is 2.68 bits per heavy atom. The Bertz CT molecular complexity index is 1140. The summed E-state index contributed by atoms with van der Waals surface area (Å²) in [6.45, 7) is 1.81. The van der Waals surface area contributed by atoms with Gasteiger partial charge in [0.1, 0.15) is 12.1 Å². The van der Waals surface area contributed by atoms with Gasteiger partial charge in [0.15, 0.2) is 5.69 Å². The molecule has 2 aromatic carbocycles. The predicted molar refractivity (Wildman–Crippen MR) is 103 cm³/mol. The van der Waals surface area contributed by atoms with E-state index in [0.29, 0.717) is 22.9 Å². The molecule has 6 heteroatoms. The standard InChI is InChI=1S/C22H18FN3O2/c1-12-21-20(22(27)28)24-11-26(21)18-9-8-14(13-6-7-13)10-16(18)19(25-12)15-4-2-3-5-17(15)23/h2-5,8-13H,6-7H2,1H3,(H,27,28)/t12-/m1/s1. The lowest BCUT2D eigenvalue weighted by Gasteiger charge is -2.14. The molecule has 28 heavy (non-hydrogen) atoms. The highest BCUT2D eigenvalue weighted by atomic mass is 19.1. The van der Waals surface area contributed by atoms with Crippen molar-refractivity contribution in [3.63, 3.8) is 0 Å². The van der Waals surface area contributed by atoms with Crippen LogP contribution in [0.1, 0.15) is 64.6 Å². The van der Waals surface area contributed by atoms with E-state index >= 15 is 0 Å². The number of carboxylic acid groups (broad SMARTS) is 1. The zero-order valence-electron chi connectivity index (χ0n) is 15.3. The van der Waals surface area contributed by atoms with Crippen molar-refractivity contribution >= 4 is 11.7 Å². The fourth-order valence-electron chi connectivity index (χ4n) is 3.93. The Hall–Kier alpha value is -3.28. The first-order valence-electron chi connectivity index (χ1n) is 9.32. The molecule has 1 fully saturated rings. The summed E-state index contributed by atoms with van der Waals surface area (Å²) in [4.78, 5) is 20.5. The van der Waals surface area contributed by atoms with Crippen molar-refractivity contribution in [2.24, 2.45) is 4.99 Å². The highest BCUT2D eigenvalue weighted by Crippen LogP contribution is 2.42. The number of hydrogen-bond donors (Lipinski definition) is 1. The van der Waals surface area contributed by atoms with Crippen LogP contribution in [0, 0.1) is 5.82 Å². The van der Waals surface area contributed by atoms with Gasteiger partial charge in [-0.3, -0.25) is 9.56 Å². The van der Waals surface area contributed by atoms with Gasteiger partial charge in [0.05, 0.1) is 23.1 Å². The summed E-state index contributed by atoms with van der Waals surface area (Å²) in [6, 6.07) is 12.2. The third-order valence-corrected chi connectivity index (χ3v) is 5.44. The lowest BCUT2D eigenvalue weighted by molar-refractivity contribution is 0.0689. The number of fused-ring (bicyclic) bond motifs is 3. The fraction of sp³-hybridized carbons (Fsp3) is 0.227. The molecule has 0 radical (unpaired) electrons. The quantitative estimate of drug-likeness (QED) is 0.733. The molecule has 2 heterocycles. The van der Waals surface area contributed by atoms with E-state index in [-0.39, 0.29) is 11.5 Å². The second-order valence-corrected chi connectivity index (χ2v) is 7.34. The molecule has 1 N–H and O–H groups in total. The number of imidazole rings is 1. The van der Waals surface area contributed by atoms with Crippen LogP contribution >= 0.6 is 0 Å². The van der Waals surface area contributed by atoms with Crippen LogP contribution in [-0.2, 0) is 0 Å². The van der Waals surface area contributed by atoms with Gasteiger partial charge in [0.25, 0.3) is 0 Å². The predicted octanol–water partition coefficient (Wildman–Crippen LogP) is 4.50. The molecule has 0 saturated heterocycles. The normalized spacial score (nSPS) is 18.1. The van der Waals surface area contributed by atoms with E-state index in [1.165, 1.54) is 18.0 Å². The Morgan fingerprint density at radius 1 is 1.18 bits per heavy atom. The maximum absolute atomic E-state index is 14.7. The molecule has 1 aliphatic carbocycles. The van der Waals surface area contributed by atoms with E-state index in [1.54, 1.807) is 22.8 Å². The van der Waals surface area contributed by atoms with E-state index in [4.69, 9.17) is 4.99 Å².